The number of pyridine rings is 1. The summed E-state index contributed by atoms with van der Waals surface area (Å²) in [6, 6.07) is 13.6. The summed E-state index contributed by atoms with van der Waals surface area (Å²) in [6.07, 6.45) is 2.83. The molecule has 1 heterocycles. The van der Waals surface area contributed by atoms with Gasteiger partial charge in [0.1, 0.15) is 0 Å². The van der Waals surface area contributed by atoms with E-state index in [0.717, 1.165) is 23.5 Å². The number of nitrogens with zero attached hydrogens (tertiary/aromatic N) is 1. The van der Waals surface area contributed by atoms with Crippen molar-refractivity contribution in [2.24, 2.45) is 0 Å². The monoisotopic (exact) mass is 269 g/mol. The molecule has 1 aromatic heterocycles. The summed E-state index contributed by atoms with van der Waals surface area (Å²) < 4.78 is 0. The van der Waals surface area contributed by atoms with Crippen molar-refractivity contribution in [3.8, 4) is 0 Å². The van der Waals surface area contributed by atoms with Crippen LogP contribution in [0.5, 0.6) is 0 Å². The number of para-hydroxylation sites is 1. The van der Waals surface area contributed by atoms with Gasteiger partial charge in [-0.15, -0.1) is 0 Å². The second kappa shape index (κ2) is 7.40. The molecule has 2 aromatic rings. The zero-order valence-electron chi connectivity index (χ0n) is 11.6. The predicted molar refractivity (Wildman–Crippen MR) is 80.4 cm³/mol. The normalized spacial score (nSPS) is 10.2. The van der Waals surface area contributed by atoms with Gasteiger partial charge in [-0.1, -0.05) is 24.3 Å². The molecule has 0 saturated heterocycles. The summed E-state index contributed by atoms with van der Waals surface area (Å²) in [5.41, 5.74) is 2.89. The molecule has 2 rings (SSSR count). The van der Waals surface area contributed by atoms with E-state index in [9.17, 15) is 4.79 Å². The van der Waals surface area contributed by atoms with Crippen molar-refractivity contribution in [1.82, 2.24) is 10.3 Å². The molecule has 2 N–H and O–H groups in total. The molecule has 20 heavy (non-hydrogen) atoms. The maximum atomic E-state index is 12.0. The first kappa shape index (κ1) is 14.2. The Labute approximate surface area is 119 Å². The number of aromatic nitrogens is 1. The van der Waals surface area contributed by atoms with Crippen LogP contribution in [0.25, 0.3) is 0 Å². The Morgan fingerprint density at radius 3 is 2.70 bits per heavy atom. The van der Waals surface area contributed by atoms with Crippen LogP contribution in [0.3, 0.4) is 0 Å². The lowest BCUT2D eigenvalue weighted by Crippen LogP contribution is -2.15. The largest absolute Gasteiger partial charge is 0.326 e. The quantitative estimate of drug-likeness (QED) is 0.846. The first-order chi connectivity index (χ1) is 9.79. The van der Waals surface area contributed by atoms with Crippen LogP contribution < -0.4 is 10.6 Å². The summed E-state index contributed by atoms with van der Waals surface area (Å²) in [7, 11) is 1.89. The van der Waals surface area contributed by atoms with Crippen molar-refractivity contribution in [1.29, 1.82) is 0 Å². The highest BCUT2D eigenvalue weighted by Crippen LogP contribution is 2.15. The molecule has 0 saturated carbocycles. The SMILES string of the molecule is CNCc1ccccc1NC(=O)CCc1ccccn1. The minimum absolute atomic E-state index is 0.0132. The van der Waals surface area contributed by atoms with Gasteiger partial charge in [-0.2, -0.15) is 0 Å². The van der Waals surface area contributed by atoms with E-state index < -0.39 is 0 Å². The molecular formula is C16H19N3O. The lowest BCUT2D eigenvalue weighted by Gasteiger charge is -2.10. The summed E-state index contributed by atoms with van der Waals surface area (Å²) in [5.74, 6) is 0.0132. The summed E-state index contributed by atoms with van der Waals surface area (Å²) >= 11 is 0. The summed E-state index contributed by atoms with van der Waals surface area (Å²) in [4.78, 5) is 16.2. The number of carbonyl (C=O) groups excluding carboxylic acids is 1. The molecule has 0 bridgehead atoms. The molecule has 0 radical (unpaired) electrons. The van der Waals surface area contributed by atoms with Crippen molar-refractivity contribution in [2.75, 3.05) is 12.4 Å². The van der Waals surface area contributed by atoms with Crippen LogP contribution in [0.4, 0.5) is 5.69 Å². The Kier molecular flexibility index (Phi) is 5.26. The van der Waals surface area contributed by atoms with E-state index in [1.165, 1.54) is 0 Å². The second-order valence-corrected chi connectivity index (χ2v) is 4.56. The zero-order chi connectivity index (χ0) is 14.2. The molecule has 0 aliphatic rings. The first-order valence-corrected chi connectivity index (χ1v) is 6.72. The lowest BCUT2D eigenvalue weighted by atomic mass is 10.1. The van der Waals surface area contributed by atoms with E-state index in [-0.39, 0.29) is 5.91 Å². The van der Waals surface area contributed by atoms with E-state index in [1.54, 1.807) is 6.20 Å². The van der Waals surface area contributed by atoms with Gasteiger partial charge in [0.05, 0.1) is 0 Å². The average Bonchev–Trinajstić information content (AvgIpc) is 2.49. The number of hydrogen-bond donors (Lipinski definition) is 2. The van der Waals surface area contributed by atoms with Crippen LogP contribution >= 0.6 is 0 Å². The van der Waals surface area contributed by atoms with E-state index in [4.69, 9.17) is 0 Å². The first-order valence-electron chi connectivity index (χ1n) is 6.72. The molecule has 0 aliphatic heterocycles. The van der Waals surface area contributed by atoms with Crippen LogP contribution in [0, 0.1) is 0 Å². The van der Waals surface area contributed by atoms with Gasteiger partial charge in [0, 0.05) is 30.5 Å². The van der Waals surface area contributed by atoms with Crippen molar-refractivity contribution >= 4 is 11.6 Å². The van der Waals surface area contributed by atoms with Gasteiger partial charge < -0.3 is 10.6 Å². The third kappa shape index (κ3) is 4.17. The summed E-state index contributed by atoms with van der Waals surface area (Å²) in [5, 5.41) is 6.05. The van der Waals surface area contributed by atoms with Crippen molar-refractivity contribution in [2.45, 2.75) is 19.4 Å². The Hall–Kier alpha value is -2.20. The molecule has 0 unspecified atom stereocenters. The van der Waals surface area contributed by atoms with Crippen LogP contribution in [0.2, 0.25) is 0 Å². The minimum Gasteiger partial charge on any atom is -0.326 e. The number of carbonyl (C=O) groups is 1. The van der Waals surface area contributed by atoms with Crippen molar-refractivity contribution < 1.29 is 4.79 Å². The smallest absolute Gasteiger partial charge is 0.224 e. The van der Waals surface area contributed by atoms with Gasteiger partial charge in [0.25, 0.3) is 0 Å². The molecule has 0 fully saturated rings. The highest BCUT2D eigenvalue weighted by molar-refractivity contribution is 5.91. The number of benzene rings is 1. The third-order valence-electron chi connectivity index (χ3n) is 2.99. The molecule has 104 valence electrons. The van der Waals surface area contributed by atoms with Crippen molar-refractivity contribution in [3.05, 3.63) is 59.9 Å². The van der Waals surface area contributed by atoms with Crippen LogP contribution in [-0.2, 0) is 17.8 Å². The lowest BCUT2D eigenvalue weighted by molar-refractivity contribution is -0.116. The van der Waals surface area contributed by atoms with Crippen molar-refractivity contribution in [3.63, 3.8) is 0 Å². The highest BCUT2D eigenvalue weighted by atomic mass is 16.1. The van der Waals surface area contributed by atoms with Crippen LogP contribution in [0.1, 0.15) is 17.7 Å². The number of rotatable bonds is 6. The number of hydrogen-bond acceptors (Lipinski definition) is 3. The minimum atomic E-state index is 0.0132. The maximum absolute atomic E-state index is 12.0. The standard InChI is InChI=1S/C16H19N3O/c1-17-12-13-6-2-3-8-15(13)19-16(20)10-9-14-7-4-5-11-18-14/h2-8,11,17H,9-10,12H2,1H3,(H,19,20). The second-order valence-electron chi connectivity index (χ2n) is 4.56. The van der Waals surface area contributed by atoms with Gasteiger partial charge in [-0.3, -0.25) is 9.78 Å². The maximum Gasteiger partial charge on any atom is 0.224 e. The average molecular weight is 269 g/mol. The third-order valence-corrected chi connectivity index (χ3v) is 2.99. The molecule has 1 amide bonds. The number of nitrogens with one attached hydrogen (secondary N) is 2. The molecule has 1 aromatic carbocycles. The van der Waals surface area contributed by atoms with Crippen LogP contribution in [0.15, 0.2) is 48.7 Å². The fraction of sp³-hybridized carbons (Fsp3) is 0.250. The molecule has 0 spiro atoms. The van der Waals surface area contributed by atoms with Gasteiger partial charge in [0.15, 0.2) is 0 Å². The van der Waals surface area contributed by atoms with E-state index in [1.807, 2.05) is 49.5 Å². The van der Waals surface area contributed by atoms with E-state index in [2.05, 4.69) is 15.6 Å². The van der Waals surface area contributed by atoms with E-state index in [0.29, 0.717) is 12.8 Å². The predicted octanol–water partition coefficient (Wildman–Crippen LogP) is 2.37. The number of amides is 1. The van der Waals surface area contributed by atoms with Gasteiger partial charge in [0.2, 0.25) is 5.91 Å². The fourth-order valence-electron chi connectivity index (χ4n) is 1.99. The Morgan fingerprint density at radius 2 is 1.95 bits per heavy atom. The fourth-order valence-corrected chi connectivity index (χ4v) is 1.99. The molecule has 0 atom stereocenters. The van der Waals surface area contributed by atoms with Gasteiger partial charge in [-0.25, -0.2) is 0 Å². The number of anilines is 1. The Bertz CT molecular complexity index is 555. The van der Waals surface area contributed by atoms with Crippen LogP contribution in [-0.4, -0.2) is 17.9 Å². The topological polar surface area (TPSA) is 54.0 Å². The Morgan fingerprint density at radius 1 is 1.15 bits per heavy atom. The van der Waals surface area contributed by atoms with E-state index >= 15 is 0 Å². The molecule has 4 heteroatoms. The zero-order valence-corrected chi connectivity index (χ0v) is 11.6. The Balaban J connectivity index is 1.91. The molecular weight excluding hydrogens is 250 g/mol. The number of aryl methyl sites for hydroxylation is 1. The molecule has 4 nitrogen and oxygen atoms in total. The summed E-state index contributed by atoms with van der Waals surface area (Å²) in [6.45, 7) is 0.733. The van der Waals surface area contributed by atoms with Gasteiger partial charge in [-0.05, 0) is 37.2 Å². The van der Waals surface area contributed by atoms with Gasteiger partial charge >= 0.3 is 0 Å². The highest BCUT2D eigenvalue weighted by Gasteiger charge is 2.06. The molecule has 0 aliphatic carbocycles.